The first kappa shape index (κ1) is 30.8. The van der Waals surface area contributed by atoms with Crippen LogP contribution in [0.25, 0.3) is 11.3 Å². The van der Waals surface area contributed by atoms with Gasteiger partial charge in [0.1, 0.15) is 17.2 Å². The molecule has 0 saturated carbocycles. The molecule has 12 heteroatoms. The number of hydrogen-bond acceptors (Lipinski definition) is 9. The Morgan fingerprint density at radius 1 is 0.977 bits per heavy atom. The Labute approximate surface area is 256 Å². The van der Waals surface area contributed by atoms with Crippen molar-refractivity contribution in [2.24, 2.45) is 0 Å². The van der Waals surface area contributed by atoms with Crippen LogP contribution in [0.2, 0.25) is 0 Å². The summed E-state index contributed by atoms with van der Waals surface area (Å²) in [4.78, 5) is 21.0. The van der Waals surface area contributed by atoms with E-state index in [0.717, 1.165) is 24.8 Å². The fourth-order valence-electron chi connectivity index (χ4n) is 5.00. The molecular weight excluding hydrogens is 584 g/mol. The molecule has 0 aliphatic carbocycles. The smallest absolute Gasteiger partial charge is 0.358 e. The van der Waals surface area contributed by atoms with Crippen molar-refractivity contribution in [1.29, 1.82) is 0 Å². The zero-order chi connectivity index (χ0) is 31.1. The number of benzene rings is 3. The summed E-state index contributed by atoms with van der Waals surface area (Å²) in [5.41, 5.74) is 2.36. The van der Waals surface area contributed by atoms with Crippen molar-refractivity contribution in [3.8, 4) is 28.5 Å². The fraction of sp³-hybridized carbons (Fsp3) is 0.281. The molecule has 4 aromatic rings. The maximum Gasteiger partial charge on any atom is 0.358 e. The molecule has 0 spiro atoms. The lowest BCUT2D eigenvalue weighted by molar-refractivity contribution is 0.0691. The van der Waals surface area contributed by atoms with Gasteiger partial charge in [0.2, 0.25) is 10.0 Å². The number of carboxylic acids is 1. The molecule has 3 aromatic carbocycles. The summed E-state index contributed by atoms with van der Waals surface area (Å²) in [6.45, 7) is 1.62. The number of hydrogen-bond donors (Lipinski definition) is 2. The summed E-state index contributed by atoms with van der Waals surface area (Å²) >= 11 is 0. The standard InChI is InChI=1S/C32H34N4O7S/c1-41-28-18-24(43-17-14-22-8-4-3-5-9-22)19-29(42-2)26(28)20-33-31-30(32(37)38)35-27(21-34-31)23-10-12-25(13-11-23)44(39,40)36-15-6-7-16-36/h3-5,8-13,18-19,21H,6-7,14-17,20H2,1-2H3,(H,33,34)(H,37,38). The third-order valence-corrected chi connectivity index (χ3v) is 9.26. The van der Waals surface area contributed by atoms with Crippen molar-refractivity contribution in [2.75, 3.05) is 39.2 Å². The normalized spacial score (nSPS) is 13.4. The molecular formula is C32H34N4O7S. The Morgan fingerprint density at radius 3 is 2.25 bits per heavy atom. The molecule has 0 bridgehead atoms. The number of aromatic carboxylic acids is 1. The second-order valence-corrected chi connectivity index (χ2v) is 12.1. The molecule has 1 saturated heterocycles. The minimum Gasteiger partial charge on any atom is -0.496 e. The van der Waals surface area contributed by atoms with Gasteiger partial charge in [0, 0.05) is 43.8 Å². The molecule has 2 N–H and O–H groups in total. The number of carbonyl (C=O) groups is 1. The summed E-state index contributed by atoms with van der Waals surface area (Å²) < 4.78 is 44.3. The van der Waals surface area contributed by atoms with Crippen molar-refractivity contribution in [2.45, 2.75) is 30.7 Å². The van der Waals surface area contributed by atoms with Crippen molar-refractivity contribution >= 4 is 21.8 Å². The van der Waals surface area contributed by atoms with Crippen molar-refractivity contribution in [3.05, 3.63) is 89.7 Å². The number of methoxy groups -OCH3 is 2. The average molecular weight is 619 g/mol. The minimum atomic E-state index is -3.57. The zero-order valence-corrected chi connectivity index (χ0v) is 25.3. The van der Waals surface area contributed by atoms with Crippen LogP contribution in [0.1, 0.15) is 34.5 Å². The first-order valence-electron chi connectivity index (χ1n) is 14.2. The van der Waals surface area contributed by atoms with Gasteiger partial charge in [0.15, 0.2) is 11.5 Å². The number of nitrogens with one attached hydrogen (secondary N) is 1. The van der Waals surface area contributed by atoms with Crippen LogP contribution in [0.15, 0.2) is 77.8 Å². The number of anilines is 1. The molecule has 11 nitrogen and oxygen atoms in total. The molecule has 1 aromatic heterocycles. The first-order valence-corrected chi connectivity index (χ1v) is 15.6. The van der Waals surface area contributed by atoms with Gasteiger partial charge in [-0.3, -0.25) is 0 Å². The molecule has 0 amide bonds. The van der Waals surface area contributed by atoms with Crippen LogP contribution in [0, 0.1) is 0 Å². The summed E-state index contributed by atoms with van der Waals surface area (Å²) in [5, 5.41) is 13.0. The number of sulfonamides is 1. The second-order valence-electron chi connectivity index (χ2n) is 10.1. The number of carboxylic acid groups (broad SMARTS) is 1. The van der Waals surface area contributed by atoms with E-state index in [4.69, 9.17) is 14.2 Å². The van der Waals surface area contributed by atoms with E-state index in [2.05, 4.69) is 15.3 Å². The maximum absolute atomic E-state index is 12.9. The second kappa shape index (κ2) is 13.7. The van der Waals surface area contributed by atoms with Crippen LogP contribution in [0.5, 0.6) is 17.2 Å². The third kappa shape index (κ3) is 6.92. The lowest BCUT2D eigenvalue weighted by atomic mass is 10.1. The first-order chi connectivity index (χ1) is 21.3. The van der Waals surface area contributed by atoms with E-state index in [1.54, 1.807) is 24.3 Å². The average Bonchev–Trinajstić information content (AvgIpc) is 3.60. The Balaban J connectivity index is 1.31. The van der Waals surface area contributed by atoms with Crippen LogP contribution in [0.3, 0.4) is 0 Å². The van der Waals surface area contributed by atoms with Gasteiger partial charge in [-0.25, -0.2) is 23.2 Å². The lowest BCUT2D eigenvalue weighted by Crippen LogP contribution is -2.27. The highest BCUT2D eigenvalue weighted by Gasteiger charge is 2.27. The molecule has 5 rings (SSSR count). The Morgan fingerprint density at radius 2 is 1.64 bits per heavy atom. The molecule has 1 aliphatic heterocycles. The summed E-state index contributed by atoms with van der Waals surface area (Å²) in [6, 6.07) is 19.7. The van der Waals surface area contributed by atoms with Gasteiger partial charge in [-0.05, 0) is 30.5 Å². The van der Waals surface area contributed by atoms with Crippen molar-refractivity contribution < 1.29 is 32.5 Å². The van der Waals surface area contributed by atoms with Gasteiger partial charge in [-0.2, -0.15) is 4.31 Å². The SMILES string of the molecule is COc1cc(OCCc2ccccc2)cc(OC)c1CNc1ncc(-c2ccc(S(=O)(=O)N3CCCC3)cc2)nc1C(=O)O. The number of rotatable bonds is 13. The quantitative estimate of drug-likeness (QED) is 0.213. The van der Waals surface area contributed by atoms with E-state index < -0.39 is 16.0 Å². The maximum atomic E-state index is 12.9. The molecule has 1 aliphatic rings. The molecule has 0 radical (unpaired) electrons. The van der Waals surface area contributed by atoms with Gasteiger partial charge in [-0.1, -0.05) is 42.5 Å². The van der Waals surface area contributed by atoms with Crippen LogP contribution in [0.4, 0.5) is 5.82 Å². The minimum absolute atomic E-state index is 0.0572. The summed E-state index contributed by atoms with van der Waals surface area (Å²) in [7, 11) is -0.500. The highest BCUT2D eigenvalue weighted by atomic mass is 32.2. The molecule has 0 atom stereocenters. The molecule has 1 fully saturated rings. The molecule has 44 heavy (non-hydrogen) atoms. The lowest BCUT2D eigenvalue weighted by Gasteiger charge is -2.17. The van der Waals surface area contributed by atoms with Gasteiger partial charge < -0.3 is 24.6 Å². The van der Waals surface area contributed by atoms with Gasteiger partial charge in [-0.15, -0.1) is 0 Å². The topological polar surface area (TPSA) is 140 Å². The summed E-state index contributed by atoms with van der Waals surface area (Å²) in [6.07, 6.45) is 3.87. The molecule has 230 valence electrons. The monoisotopic (exact) mass is 618 g/mol. The highest BCUT2D eigenvalue weighted by molar-refractivity contribution is 7.89. The number of aromatic nitrogens is 2. The van der Waals surface area contributed by atoms with Gasteiger partial charge in [0.05, 0.1) is 43.2 Å². The zero-order valence-electron chi connectivity index (χ0n) is 24.5. The number of nitrogens with zero attached hydrogens (tertiary/aromatic N) is 3. The van der Waals surface area contributed by atoms with Gasteiger partial charge in [0.25, 0.3) is 0 Å². The van der Waals surface area contributed by atoms with E-state index in [1.807, 2.05) is 30.3 Å². The molecule has 0 unspecified atom stereocenters. The Hall–Kier alpha value is -4.68. The van der Waals surface area contributed by atoms with E-state index in [1.165, 1.54) is 36.9 Å². The van der Waals surface area contributed by atoms with Crippen LogP contribution in [-0.4, -0.2) is 67.7 Å². The molecule has 2 heterocycles. The van der Waals surface area contributed by atoms with E-state index in [-0.39, 0.29) is 23.0 Å². The largest absolute Gasteiger partial charge is 0.496 e. The highest BCUT2D eigenvalue weighted by Crippen LogP contribution is 2.35. The van der Waals surface area contributed by atoms with E-state index >= 15 is 0 Å². The fourth-order valence-corrected chi connectivity index (χ4v) is 6.52. The predicted molar refractivity (Wildman–Crippen MR) is 165 cm³/mol. The van der Waals surface area contributed by atoms with Gasteiger partial charge >= 0.3 is 5.97 Å². The van der Waals surface area contributed by atoms with Crippen LogP contribution >= 0.6 is 0 Å². The third-order valence-electron chi connectivity index (χ3n) is 7.34. The van der Waals surface area contributed by atoms with E-state index in [0.29, 0.717) is 53.8 Å². The Kier molecular flexibility index (Phi) is 9.61. The van der Waals surface area contributed by atoms with Crippen molar-refractivity contribution in [1.82, 2.24) is 14.3 Å². The van der Waals surface area contributed by atoms with Crippen LogP contribution in [-0.2, 0) is 23.0 Å². The van der Waals surface area contributed by atoms with Crippen LogP contribution < -0.4 is 19.5 Å². The summed E-state index contributed by atoms with van der Waals surface area (Å²) in [5.74, 6) is 0.361. The van der Waals surface area contributed by atoms with E-state index in [9.17, 15) is 18.3 Å². The van der Waals surface area contributed by atoms with Crippen molar-refractivity contribution in [3.63, 3.8) is 0 Å². The Bertz CT molecular complexity index is 1680. The predicted octanol–water partition coefficient (Wildman–Crippen LogP) is 4.88. The number of ether oxygens (including phenoxy) is 3.